The van der Waals surface area contributed by atoms with Crippen LogP contribution in [0.1, 0.15) is 11.1 Å². The van der Waals surface area contributed by atoms with E-state index in [1.165, 1.54) is 12.1 Å². The number of hydrogen-bond acceptors (Lipinski definition) is 4. The molecule has 2 N–H and O–H groups in total. The Morgan fingerprint density at radius 3 is 2.14 bits per heavy atom. The Hall–Kier alpha value is -2.76. The van der Waals surface area contributed by atoms with Crippen LogP contribution in [0.25, 0.3) is 0 Å². The number of guanidine groups is 1. The second-order valence-electron chi connectivity index (χ2n) is 4.76. The van der Waals surface area contributed by atoms with Crippen LogP contribution >= 0.6 is 0 Å². The van der Waals surface area contributed by atoms with Crippen LogP contribution in [0.4, 0.5) is 8.78 Å². The van der Waals surface area contributed by atoms with Gasteiger partial charge in [0.05, 0.1) is 0 Å². The van der Waals surface area contributed by atoms with E-state index in [1.807, 2.05) is 30.3 Å². The first kappa shape index (κ1) is 14.2. The Morgan fingerprint density at radius 1 is 0.955 bits per heavy atom. The van der Waals surface area contributed by atoms with Crippen molar-refractivity contribution in [2.75, 3.05) is 0 Å². The maximum absolute atomic E-state index is 12.2. The number of benzene rings is 2. The molecule has 1 aliphatic rings. The molecule has 0 saturated heterocycles. The van der Waals surface area contributed by atoms with Crippen molar-refractivity contribution in [1.82, 2.24) is 0 Å². The molecule has 2 aromatic carbocycles. The largest absolute Gasteiger partial charge is 0.435 e. The highest BCUT2D eigenvalue weighted by atomic mass is 19.3. The van der Waals surface area contributed by atoms with E-state index in [0.717, 1.165) is 11.1 Å². The van der Waals surface area contributed by atoms with E-state index in [2.05, 4.69) is 14.7 Å². The molecule has 0 fully saturated rings. The summed E-state index contributed by atoms with van der Waals surface area (Å²) in [6.07, 6.45) is 1.65. The summed E-state index contributed by atoms with van der Waals surface area (Å²) in [7, 11) is 0. The quantitative estimate of drug-likeness (QED) is 0.944. The van der Waals surface area contributed by atoms with Crippen molar-refractivity contribution >= 4 is 12.2 Å². The maximum atomic E-state index is 12.2. The summed E-state index contributed by atoms with van der Waals surface area (Å²) in [6, 6.07) is 15.8. The minimum absolute atomic E-state index is 0.0915. The summed E-state index contributed by atoms with van der Waals surface area (Å²) in [4.78, 5) is 8.50. The predicted molar refractivity (Wildman–Crippen MR) is 80.4 cm³/mol. The zero-order chi connectivity index (χ0) is 15.6. The Labute approximate surface area is 126 Å². The minimum atomic E-state index is -2.85. The SMILES string of the molecule is NC1=NC(c2ccccc2)(c2ccc(OC(F)F)cc2)C=N1. The van der Waals surface area contributed by atoms with Gasteiger partial charge in [-0.15, -0.1) is 0 Å². The minimum Gasteiger partial charge on any atom is -0.435 e. The molecule has 0 saturated carbocycles. The lowest BCUT2D eigenvalue weighted by atomic mass is 9.85. The second-order valence-corrected chi connectivity index (χ2v) is 4.76. The molecule has 1 heterocycles. The van der Waals surface area contributed by atoms with E-state index < -0.39 is 12.2 Å². The molecule has 3 rings (SSSR count). The number of nitrogens with zero attached hydrogens (tertiary/aromatic N) is 2. The van der Waals surface area contributed by atoms with E-state index in [9.17, 15) is 8.78 Å². The normalized spacial score (nSPS) is 20.2. The molecular formula is C16H13F2N3O. The van der Waals surface area contributed by atoms with Crippen molar-refractivity contribution in [1.29, 1.82) is 0 Å². The summed E-state index contributed by atoms with van der Waals surface area (Å²) in [5, 5.41) is 0. The Kier molecular flexibility index (Phi) is 3.58. The van der Waals surface area contributed by atoms with Gasteiger partial charge < -0.3 is 10.5 Å². The molecule has 112 valence electrons. The first-order valence-corrected chi connectivity index (χ1v) is 6.61. The Balaban J connectivity index is 2.03. The Morgan fingerprint density at radius 2 is 1.59 bits per heavy atom. The van der Waals surface area contributed by atoms with Crippen molar-refractivity contribution < 1.29 is 13.5 Å². The fourth-order valence-corrected chi connectivity index (χ4v) is 2.43. The van der Waals surface area contributed by atoms with Gasteiger partial charge in [0.25, 0.3) is 0 Å². The molecule has 0 bridgehead atoms. The summed E-state index contributed by atoms with van der Waals surface area (Å²) >= 11 is 0. The van der Waals surface area contributed by atoms with E-state index in [-0.39, 0.29) is 11.7 Å². The lowest BCUT2D eigenvalue weighted by Gasteiger charge is -2.24. The molecule has 0 aliphatic carbocycles. The third kappa shape index (κ3) is 2.55. The van der Waals surface area contributed by atoms with Crippen LogP contribution in [-0.4, -0.2) is 18.8 Å². The van der Waals surface area contributed by atoms with Crippen LogP contribution in [0.5, 0.6) is 5.75 Å². The third-order valence-electron chi connectivity index (χ3n) is 3.41. The van der Waals surface area contributed by atoms with Crippen LogP contribution in [0.15, 0.2) is 64.6 Å². The van der Waals surface area contributed by atoms with Gasteiger partial charge in [0.2, 0.25) is 5.96 Å². The number of ether oxygens (including phenoxy) is 1. The standard InChI is InChI=1S/C16H13F2N3O/c17-14(18)22-13-8-6-12(7-9-13)16(10-20-15(19)21-16)11-4-2-1-3-5-11/h1-10,14H,(H2,19,21). The van der Waals surface area contributed by atoms with E-state index in [1.54, 1.807) is 18.3 Å². The van der Waals surface area contributed by atoms with Crippen LogP contribution < -0.4 is 10.5 Å². The van der Waals surface area contributed by atoms with Gasteiger partial charge in [-0.25, -0.2) is 9.98 Å². The molecule has 6 heteroatoms. The monoisotopic (exact) mass is 301 g/mol. The first-order valence-electron chi connectivity index (χ1n) is 6.61. The molecule has 0 aromatic heterocycles. The van der Waals surface area contributed by atoms with Gasteiger partial charge in [0.1, 0.15) is 11.3 Å². The molecular weight excluding hydrogens is 288 g/mol. The van der Waals surface area contributed by atoms with Gasteiger partial charge >= 0.3 is 6.61 Å². The Bertz CT molecular complexity index is 714. The van der Waals surface area contributed by atoms with Crippen LogP contribution in [0.3, 0.4) is 0 Å². The van der Waals surface area contributed by atoms with Gasteiger partial charge in [0.15, 0.2) is 0 Å². The van der Waals surface area contributed by atoms with E-state index in [4.69, 9.17) is 5.73 Å². The van der Waals surface area contributed by atoms with Gasteiger partial charge in [-0.05, 0) is 23.3 Å². The summed E-state index contributed by atoms with van der Waals surface area (Å²) < 4.78 is 28.8. The van der Waals surface area contributed by atoms with E-state index in [0.29, 0.717) is 0 Å². The van der Waals surface area contributed by atoms with Crippen molar-refractivity contribution in [3.8, 4) is 5.75 Å². The molecule has 1 atom stereocenters. The van der Waals surface area contributed by atoms with Crippen LogP contribution in [0, 0.1) is 0 Å². The average Bonchev–Trinajstić information content (AvgIpc) is 2.92. The molecule has 0 spiro atoms. The predicted octanol–water partition coefficient (Wildman–Crippen LogP) is 2.93. The summed E-state index contributed by atoms with van der Waals surface area (Å²) in [5.74, 6) is 0.269. The topological polar surface area (TPSA) is 60.0 Å². The first-order chi connectivity index (χ1) is 10.6. The number of halogens is 2. The molecule has 0 radical (unpaired) electrons. The highest BCUT2D eigenvalue weighted by Gasteiger charge is 2.35. The highest BCUT2D eigenvalue weighted by molar-refractivity contribution is 5.98. The molecule has 1 aliphatic heterocycles. The zero-order valence-electron chi connectivity index (χ0n) is 11.5. The number of aliphatic imine (C=N–C) groups is 2. The fraction of sp³-hybridized carbons (Fsp3) is 0.125. The zero-order valence-corrected chi connectivity index (χ0v) is 11.5. The third-order valence-corrected chi connectivity index (χ3v) is 3.41. The number of alkyl halides is 2. The smallest absolute Gasteiger partial charge is 0.387 e. The number of rotatable bonds is 4. The number of hydrogen-bond donors (Lipinski definition) is 1. The van der Waals surface area contributed by atoms with Crippen molar-refractivity contribution in [2.24, 2.45) is 15.7 Å². The van der Waals surface area contributed by atoms with Gasteiger partial charge in [-0.2, -0.15) is 8.78 Å². The van der Waals surface area contributed by atoms with Crippen LogP contribution in [-0.2, 0) is 5.54 Å². The average molecular weight is 301 g/mol. The fourth-order valence-electron chi connectivity index (χ4n) is 2.43. The van der Waals surface area contributed by atoms with Crippen molar-refractivity contribution in [2.45, 2.75) is 12.2 Å². The summed E-state index contributed by atoms with van der Waals surface area (Å²) in [6.45, 7) is -2.85. The lowest BCUT2D eigenvalue weighted by molar-refractivity contribution is -0.0498. The second kappa shape index (κ2) is 5.55. The van der Waals surface area contributed by atoms with Crippen LogP contribution in [0.2, 0.25) is 0 Å². The molecule has 2 aromatic rings. The van der Waals surface area contributed by atoms with Gasteiger partial charge in [0, 0.05) is 6.21 Å². The van der Waals surface area contributed by atoms with E-state index >= 15 is 0 Å². The van der Waals surface area contributed by atoms with Crippen molar-refractivity contribution in [3.63, 3.8) is 0 Å². The molecule has 0 amide bonds. The lowest BCUT2D eigenvalue weighted by Crippen LogP contribution is -2.25. The molecule has 22 heavy (non-hydrogen) atoms. The van der Waals surface area contributed by atoms with Crippen molar-refractivity contribution in [3.05, 3.63) is 65.7 Å². The highest BCUT2D eigenvalue weighted by Crippen LogP contribution is 2.35. The molecule has 1 unspecified atom stereocenters. The molecule has 4 nitrogen and oxygen atoms in total. The summed E-state index contributed by atoms with van der Waals surface area (Å²) in [5.41, 5.74) is 6.53. The van der Waals surface area contributed by atoms with Gasteiger partial charge in [-0.1, -0.05) is 42.5 Å². The van der Waals surface area contributed by atoms with Gasteiger partial charge in [-0.3, -0.25) is 0 Å². The maximum Gasteiger partial charge on any atom is 0.387 e. The number of nitrogens with two attached hydrogens (primary N) is 1.